The molecule has 3 aliphatic rings. The molecule has 33 heavy (non-hydrogen) atoms. The van der Waals surface area contributed by atoms with Crippen molar-refractivity contribution in [2.75, 3.05) is 14.1 Å². The molecule has 0 bridgehead atoms. The van der Waals surface area contributed by atoms with Crippen LogP contribution in [-0.4, -0.2) is 85.5 Å². The van der Waals surface area contributed by atoms with E-state index >= 15 is 0 Å². The van der Waals surface area contributed by atoms with Crippen LogP contribution < -0.4 is 5.73 Å². The highest BCUT2D eigenvalue weighted by Gasteiger charge is 2.72. The molecule has 1 unspecified atom stereocenters. The molecule has 4 rings (SSSR count). The van der Waals surface area contributed by atoms with E-state index in [0.29, 0.717) is 0 Å². The molecule has 0 saturated heterocycles. The Balaban J connectivity index is 2.06. The van der Waals surface area contributed by atoms with Gasteiger partial charge >= 0.3 is 0 Å². The van der Waals surface area contributed by atoms with Crippen LogP contribution in [0.5, 0.6) is 5.75 Å². The number of hydrogen-bond donors (Lipinski definition) is 6. The van der Waals surface area contributed by atoms with E-state index < -0.39 is 81.4 Å². The summed E-state index contributed by atoms with van der Waals surface area (Å²) in [6.07, 6.45) is -1.90. The Morgan fingerprint density at radius 2 is 1.73 bits per heavy atom. The summed E-state index contributed by atoms with van der Waals surface area (Å²) < 4.78 is 0. The lowest BCUT2D eigenvalue weighted by molar-refractivity contribution is -0.195. The zero-order valence-corrected chi connectivity index (χ0v) is 18.0. The van der Waals surface area contributed by atoms with Gasteiger partial charge in [0.2, 0.25) is 11.7 Å². The molecule has 1 aromatic carbocycles. The van der Waals surface area contributed by atoms with E-state index in [2.05, 4.69) is 0 Å². The molecule has 11 heteroatoms. The maximum atomic E-state index is 13.7. The van der Waals surface area contributed by atoms with Gasteiger partial charge in [-0.3, -0.25) is 24.1 Å². The first-order valence-electron chi connectivity index (χ1n) is 10.2. The molecule has 7 N–H and O–H groups in total. The summed E-state index contributed by atoms with van der Waals surface area (Å²) in [5.74, 6) is -12.1. The Morgan fingerprint density at radius 3 is 2.27 bits per heavy atom. The number of ketones is 3. The summed E-state index contributed by atoms with van der Waals surface area (Å²) in [4.78, 5) is 53.1. The number of likely N-dealkylation sites (N-methyl/N-ethyl adjacent to an activating group) is 1. The van der Waals surface area contributed by atoms with Crippen molar-refractivity contribution in [1.82, 2.24) is 4.90 Å². The standard InChI is InChI=1S/C22H24N2O9/c1-21(32)7-5-4-6-8(25)9(7)15(26)10-12(21)17(28)13-14(24(2)3)16(27)11(20(23)31)19(30)22(13,33)18(10)29/h4-6,11-14,17,25-26,28,32-33H,1-3H3,(H2,23,31)/t11?,12-,13-,14-,17+,21-,22+/m1/s1. The van der Waals surface area contributed by atoms with Gasteiger partial charge in [0.25, 0.3) is 0 Å². The molecule has 176 valence electrons. The van der Waals surface area contributed by atoms with E-state index in [-0.39, 0.29) is 11.1 Å². The Hall–Kier alpha value is -3.12. The third kappa shape index (κ3) is 2.64. The van der Waals surface area contributed by atoms with Gasteiger partial charge < -0.3 is 31.3 Å². The topological polar surface area (TPSA) is 199 Å². The Kier molecular flexibility index (Phi) is 4.85. The van der Waals surface area contributed by atoms with Gasteiger partial charge in [-0.05, 0) is 32.6 Å². The molecule has 0 spiro atoms. The normalized spacial score (nSPS) is 38.2. The van der Waals surface area contributed by atoms with Crippen molar-refractivity contribution in [1.29, 1.82) is 0 Å². The molecule has 0 aromatic heterocycles. The van der Waals surface area contributed by atoms with Crippen molar-refractivity contribution in [3.05, 3.63) is 34.9 Å². The maximum absolute atomic E-state index is 13.7. The molecule has 7 atom stereocenters. The molecule has 3 aliphatic carbocycles. The van der Waals surface area contributed by atoms with Crippen molar-refractivity contribution >= 4 is 29.0 Å². The number of phenolic OH excluding ortho intramolecular Hbond substituents is 1. The number of aliphatic hydroxyl groups is 4. The Bertz CT molecular complexity index is 1150. The average Bonchev–Trinajstić information content (AvgIpc) is 2.70. The van der Waals surface area contributed by atoms with Crippen molar-refractivity contribution in [3.8, 4) is 5.75 Å². The highest BCUT2D eigenvalue weighted by molar-refractivity contribution is 6.32. The smallest absolute Gasteiger partial charge is 0.235 e. The third-order valence-electron chi connectivity index (χ3n) is 7.17. The van der Waals surface area contributed by atoms with E-state index in [4.69, 9.17) is 5.73 Å². The first kappa shape index (κ1) is 23.1. The monoisotopic (exact) mass is 460 g/mol. The van der Waals surface area contributed by atoms with Crippen LogP contribution in [0.4, 0.5) is 0 Å². The number of fused-ring (bicyclic) bond motifs is 3. The summed E-state index contributed by atoms with van der Waals surface area (Å²) in [7, 11) is 2.78. The average molecular weight is 460 g/mol. The number of carbonyl (C=O) groups is 4. The van der Waals surface area contributed by atoms with Crippen LogP contribution in [0.15, 0.2) is 23.8 Å². The van der Waals surface area contributed by atoms with Gasteiger partial charge in [-0.1, -0.05) is 12.1 Å². The second kappa shape index (κ2) is 6.94. The van der Waals surface area contributed by atoms with Gasteiger partial charge in [-0.15, -0.1) is 0 Å². The van der Waals surface area contributed by atoms with Crippen LogP contribution in [0.2, 0.25) is 0 Å². The van der Waals surface area contributed by atoms with Gasteiger partial charge in [0.05, 0.1) is 40.7 Å². The van der Waals surface area contributed by atoms with Crippen LogP contribution in [0.3, 0.4) is 0 Å². The molecule has 1 aromatic rings. The van der Waals surface area contributed by atoms with Crippen LogP contribution in [0.25, 0.3) is 5.76 Å². The molecule has 2 fully saturated rings. The Morgan fingerprint density at radius 1 is 1.12 bits per heavy atom. The van der Waals surface area contributed by atoms with E-state index in [9.17, 15) is 44.7 Å². The summed E-state index contributed by atoms with van der Waals surface area (Å²) >= 11 is 0. The van der Waals surface area contributed by atoms with Crippen LogP contribution in [0.1, 0.15) is 18.1 Å². The number of carbonyl (C=O) groups excluding carboxylic acids is 4. The highest BCUT2D eigenvalue weighted by atomic mass is 16.3. The first-order valence-corrected chi connectivity index (χ1v) is 10.2. The van der Waals surface area contributed by atoms with Crippen molar-refractivity contribution < 1.29 is 44.7 Å². The van der Waals surface area contributed by atoms with Gasteiger partial charge in [0.1, 0.15) is 11.5 Å². The summed E-state index contributed by atoms with van der Waals surface area (Å²) in [5.41, 5.74) is -0.914. The quantitative estimate of drug-likeness (QED) is 0.268. The minimum Gasteiger partial charge on any atom is -0.507 e. The van der Waals surface area contributed by atoms with Crippen LogP contribution in [0, 0.1) is 17.8 Å². The maximum Gasteiger partial charge on any atom is 0.235 e. The second-order valence-corrected chi connectivity index (χ2v) is 9.21. The van der Waals surface area contributed by atoms with Crippen LogP contribution >= 0.6 is 0 Å². The molecule has 11 nitrogen and oxygen atoms in total. The predicted molar refractivity (Wildman–Crippen MR) is 110 cm³/mol. The molecular weight excluding hydrogens is 436 g/mol. The lowest BCUT2D eigenvalue weighted by atomic mass is 9.51. The number of hydrogen-bond acceptors (Lipinski definition) is 10. The Labute approximate surface area is 187 Å². The van der Waals surface area contributed by atoms with E-state index in [1.54, 1.807) is 0 Å². The number of aliphatic hydroxyl groups excluding tert-OH is 2. The van der Waals surface area contributed by atoms with Crippen molar-refractivity contribution in [2.45, 2.75) is 30.3 Å². The highest BCUT2D eigenvalue weighted by Crippen LogP contribution is 2.56. The molecule has 0 aliphatic heterocycles. The molecule has 0 heterocycles. The van der Waals surface area contributed by atoms with E-state index in [1.807, 2.05) is 0 Å². The van der Waals surface area contributed by atoms with Gasteiger partial charge in [0.15, 0.2) is 23.1 Å². The van der Waals surface area contributed by atoms with E-state index in [1.165, 1.54) is 44.1 Å². The van der Waals surface area contributed by atoms with Crippen LogP contribution in [-0.2, 0) is 24.8 Å². The number of Topliss-reactive ketones (excluding diaryl/α,β-unsaturated/α-hetero) is 3. The predicted octanol–water partition coefficient (Wildman–Crippen LogP) is -2.03. The number of nitrogens with zero attached hydrogens (tertiary/aromatic N) is 1. The fourth-order valence-electron chi connectivity index (χ4n) is 5.74. The minimum atomic E-state index is -3.10. The summed E-state index contributed by atoms with van der Waals surface area (Å²) in [6, 6.07) is 2.48. The first-order chi connectivity index (χ1) is 15.2. The second-order valence-electron chi connectivity index (χ2n) is 9.21. The number of phenols is 1. The third-order valence-corrected chi connectivity index (χ3v) is 7.17. The summed E-state index contributed by atoms with van der Waals surface area (Å²) in [5, 5.41) is 55.5. The van der Waals surface area contributed by atoms with Crippen molar-refractivity contribution in [3.63, 3.8) is 0 Å². The fraction of sp³-hybridized carbons (Fsp3) is 0.455. The van der Waals surface area contributed by atoms with Gasteiger partial charge in [0, 0.05) is 0 Å². The molecule has 1 amide bonds. The number of benzene rings is 1. The molecule has 0 radical (unpaired) electrons. The van der Waals surface area contributed by atoms with E-state index in [0.717, 1.165) is 0 Å². The van der Waals surface area contributed by atoms with Gasteiger partial charge in [-0.25, -0.2) is 0 Å². The number of aromatic hydroxyl groups is 1. The van der Waals surface area contributed by atoms with Gasteiger partial charge in [-0.2, -0.15) is 0 Å². The number of rotatable bonds is 2. The largest absolute Gasteiger partial charge is 0.507 e. The molecule has 2 saturated carbocycles. The zero-order chi connectivity index (χ0) is 24.8. The lowest BCUT2D eigenvalue weighted by Gasteiger charge is -2.55. The molecular formula is C22H24N2O9. The lowest BCUT2D eigenvalue weighted by Crippen LogP contribution is -2.76. The number of amides is 1. The SMILES string of the molecule is CN(C)[C@H]1C(=O)C(C(N)=O)C(=O)[C@@]2(O)C(=O)C3=C(O)c4c(O)cccc4[C@@](C)(O)[C@H]3[C@H](O)[C@@H]12. The van der Waals surface area contributed by atoms with Crippen molar-refractivity contribution in [2.24, 2.45) is 23.5 Å². The zero-order valence-electron chi connectivity index (χ0n) is 18.0. The number of primary amides is 1. The minimum absolute atomic E-state index is 0.00378. The number of nitrogens with two attached hydrogens (primary N) is 1. The summed E-state index contributed by atoms with van der Waals surface area (Å²) in [6.45, 7) is 1.24. The fourth-order valence-corrected chi connectivity index (χ4v) is 5.74.